The zero-order valence-electron chi connectivity index (χ0n) is 18.9. The SMILES string of the molecule is CC1(C)CCN(CCCN2CCN(C(=O)C=Cc3ccc(F)c(Cl)c3)CCC2=O)CC1O. The van der Waals surface area contributed by atoms with Crippen LogP contribution in [0.25, 0.3) is 6.08 Å². The maximum atomic E-state index is 13.3. The summed E-state index contributed by atoms with van der Waals surface area (Å²) in [7, 11) is 0. The molecule has 2 aliphatic rings. The highest BCUT2D eigenvalue weighted by Crippen LogP contribution is 2.30. The number of aliphatic hydroxyl groups is 1. The number of amides is 2. The Kier molecular flexibility index (Phi) is 8.31. The topological polar surface area (TPSA) is 64.1 Å². The number of carbonyl (C=O) groups excluding carboxylic acids is 2. The van der Waals surface area contributed by atoms with Crippen LogP contribution in [-0.2, 0) is 9.59 Å². The fourth-order valence-corrected chi connectivity index (χ4v) is 4.29. The van der Waals surface area contributed by atoms with Gasteiger partial charge in [0.25, 0.3) is 0 Å². The number of hydrogen-bond donors (Lipinski definition) is 1. The van der Waals surface area contributed by atoms with Crippen molar-refractivity contribution in [1.82, 2.24) is 14.7 Å². The van der Waals surface area contributed by atoms with Crippen molar-refractivity contribution in [1.29, 1.82) is 0 Å². The number of aliphatic hydroxyl groups excluding tert-OH is 1. The van der Waals surface area contributed by atoms with Crippen LogP contribution in [-0.4, -0.2) is 83.5 Å². The van der Waals surface area contributed by atoms with Crippen LogP contribution in [0.5, 0.6) is 0 Å². The molecule has 8 heteroatoms. The molecule has 2 aliphatic heterocycles. The maximum absolute atomic E-state index is 13.3. The first-order valence-electron chi connectivity index (χ1n) is 11.3. The molecule has 1 atom stereocenters. The summed E-state index contributed by atoms with van der Waals surface area (Å²) in [5.41, 5.74) is 0.605. The van der Waals surface area contributed by atoms with E-state index >= 15 is 0 Å². The second-order valence-corrected chi connectivity index (χ2v) is 9.78. The van der Waals surface area contributed by atoms with E-state index in [0.717, 1.165) is 25.9 Å². The summed E-state index contributed by atoms with van der Waals surface area (Å²) in [5.74, 6) is -0.610. The van der Waals surface area contributed by atoms with Gasteiger partial charge in [0, 0.05) is 45.2 Å². The summed E-state index contributed by atoms with van der Waals surface area (Å²) >= 11 is 5.78. The van der Waals surface area contributed by atoms with Crippen LogP contribution in [0.1, 0.15) is 38.7 Å². The average molecular weight is 466 g/mol. The summed E-state index contributed by atoms with van der Waals surface area (Å²) in [4.78, 5) is 30.8. The van der Waals surface area contributed by atoms with Gasteiger partial charge < -0.3 is 19.8 Å². The minimum Gasteiger partial charge on any atom is -0.391 e. The third-order valence-corrected chi connectivity index (χ3v) is 6.86. The number of halogens is 2. The van der Waals surface area contributed by atoms with Crippen molar-refractivity contribution in [2.24, 2.45) is 5.41 Å². The molecule has 1 unspecified atom stereocenters. The minimum absolute atomic E-state index is 0.0124. The zero-order valence-corrected chi connectivity index (χ0v) is 19.7. The number of benzene rings is 1. The Hall–Kier alpha value is -1.96. The van der Waals surface area contributed by atoms with Gasteiger partial charge >= 0.3 is 0 Å². The Morgan fingerprint density at radius 1 is 1.25 bits per heavy atom. The second kappa shape index (κ2) is 10.8. The van der Waals surface area contributed by atoms with E-state index in [0.29, 0.717) is 44.7 Å². The Morgan fingerprint density at radius 3 is 2.75 bits per heavy atom. The normalized spacial score (nSPS) is 22.4. The molecule has 1 N–H and O–H groups in total. The first-order valence-corrected chi connectivity index (χ1v) is 11.6. The molecule has 0 spiro atoms. The molecule has 2 saturated heterocycles. The number of piperidine rings is 1. The molecule has 0 radical (unpaired) electrons. The summed E-state index contributed by atoms with van der Waals surface area (Å²) in [6.07, 6.45) is 4.83. The molecule has 6 nitrogen and oxygen atoms in total. The number of hydrogen-bond acceptors (Lipinski definition) is 4. The second-order valence-electron chi connectivity index (χ2n) is 9.37. The van der Waals surface area contributed by atoms with Crippen molar-refractivity contribution in [3.05, 3.63) is 40.7 Å². The van der Waals surface area contributed by atoms with Gasteiger partial charge in [0.1, 0.15) is 5.82 Å². The molecule has 176 valence electrons. The van der Waals surface area contributed by atoms with Crippen LogP contribution >= 0.6 is 11.6 Å². The number of β-amino-alcohol motifs (C(OH)–C–C–N with tert-alkyl or cyclic N) is 1. The molecule has 0 saturated carbocycles. The molecule has 2 heterocycles. The Labute approximate surface area is 194 Å². The molecule has 1 aromatic rings. The van der Waals surface area contributed by atoms with Crippen LogP contribution in [0.2, 0.25) is 5.02 Å². The Bertz CT molecular complexity index is 861. The van der Waals surface area contributed by atoms with Gasteiger partial charge in [-0.05, 0) is 55.1 Å². The lowest BCUT2D eigenvalue weighted by molar-refractivity contribution is -0.130. The average Bonchev–Trinajstić information content (AvgIpc) is 2.93. The van der Waals surface area contributed by atoms with Crippen LogP contribution < -0.4 is 0 Å². The van der Waals surface area contributed by atoms with Crippen molar-refractivity contribution >= 4 is 29.5 Å². The largest absolute Gasteiger partial charge is 0.391 e. The van der Waals surface area contributed by atoms with Crippen molar-refractivity contribution in [3.8, 4) is 0 Å². The minimum atomic E-state index is -0.499. The lowest BCUT2D eigenvalue weighted by Crippen LogP contribution is -2.48. The van der Waals surface area contributed by atoms with E-state index in [1.807, 2.05) is 4.90 Å². The van der Waals surface area contributed by atoms with Crippen LogP contribution in [0.4, 0.5) is 4.39 Å². The van der Waals surface area contributed by atoms with Gasteiger partial charge in [-0.15, -0.1) is 0 Å². The number of carbonyl (C=O) groups is 2. The van der Waals surface area contributed by atoms with Crippen LogP contribution in [0, 0.1) is 11.2 Å². The van der Waals surface area contributed by atoms with E-state index < -0.39 is 5.82 Å². The van der Waals surface area contributed by atoms with E-state index in [9.17, 15) is 19.1 Å². The smallest absolute Gasteiger partial charge is 0.246 e. The zero-order chi connectivity index (χ0) is 23.3. The standard InChI is InChI=1S/C24H33ClFN3O3/c1-24(2)9-13-27(17-21(24)30)10-3-11-28-14-15-29(12-8-23(28)32)22(31)7-5-18-4-6-20(26)19(25)16-18/h4-7,16,21,30H,3,8-15,17H2,1-2H3. The molecular weight excluding hydrogens is 433 g/mol. The highest BCUT2D eigenvalue weighted by Gasteiger charge is 2.34. The van der Waals surface area contributed by atoms with E-state index in [2.05, 4.69) is 18.7 Å². The predicted octanol–water partition coefficient (Wildman–Crippen LogP) is 3.04. The third kappa shape index (κ3) is 6.53. The Morgan fingerprint density at radius 2 is 2.03 bits per heavy atom. The van der Waals surface area contributed by atoms with Gasteiger partial charge in [-0.3, -0.25) is 9.59 Å². The van der Waals surface area contributed by atoms with Crippen molar-refractivity contribution in [2.75, 3.05) is 45.8 Å². The summed E-state index contributed by atoms with van der Waals surface area (Å²) in [5, 5.41) is 10.3. The summed E-state index contributed by atoms with van der Waals surface area (Å²) in [6, 6.07) is 4.29. The molecule has 2 amide bonds. The van der Waals surface area contributed by atoms with E-state index in [-0.39, 0.29) is 28.4 Å². The van der Waals surface area contributed by atoms with Gasteiger partial charge in [-0.2, -0.15) is 0 Å². The molecule has 32 heavy (non-hydrogen) atoms. The number of likely N-dealkylation sites (tertiary alicyclic amines) is 1. The summed E-state index contributed by atoms with van der Waals surface area (Å²) in [6.45, 7) is 8.72. The van der Waals surface area contributed by atoms with Crippen molar-refractivity contribution in [2.45, 2.75) is 39.2 Å². The molecule has 3 rings (SSSR count). The van der Waals surface area contributed by atoms with Crippen LogP contribution in [0.15, 0.2) is 24.3 Å². The fourth-order valence-electron chi connectivity index (χ4n) is 4.10. The van der Waals surface area contributed by atoms with Crippen molar-refractivity contribution in [3.63, 3.8) is 0 Å². The maximum Gasteiger partial charge on any atom is 0.246 e. The molecule has 0 bridgehead atoms. The molecule has 1 aromatic carbocycles. The highest BCUT2D eigenvalue weighted by atomic mass is 35.5. The Balaban J connectivity index is 1.45. The lowest BCUT2D eigenvalue weighted by Gasteiger charge is -2.41. The van der Waals surface area contributed by atoms with Crippen LogP contribution in [0.3, 0.4) is 0 Å². The fraction of sp³-hybridized carbons (Fsp3) is 0.583. The highest BCUT2D eigenvalue weighted by molar-refractivity contribution is 6.30. The quantitative estimate of drug-likeness (QED) is 0.656. The summed E-state index contributed by atoms with van der Waals surface area (Å²) < 4.78 is 13.3. The first kappa shape index (κ1) is 24.7. The molecule has 2 fully saturated rings. The number of rotatable bonds is 6. The van der Waals surface area contributed by atoms with Gasteiger partial charge in [-0.1, -0.05) is 31.5 Å². The van der Waals surface area contributed by atoms with Gasteiger partial charge in [0.15, 0.2) is 0 Å². The van der Waals surface area contributed by atoms with E-state index in [1.54, 1.807) is 17.0 Å². The third-order valence-electron chi connectivity index (χ3n) is 6.57. The van der Waals surface area contributed by atoms with Gasteiger partial charge in [0.2, 0.25) is 11.8 Å². The predicted molar refractivity (Wildman–Crippen MR) is 124 cm³/mol. The first-order chi connectivity index (χ1) is 15.2. The molecular formula is C24H33ClFN3O3. The molecule has 0 aromatic heterocycles. The lowest BCUT2D eigenvalue weighted by atomic mass is 9.80. The number of nitrogens with zero attached hydrogens (tertiary/aromatic N) is 3. The van der Waals surface area contributed by atoms with Gasteiger partial charge in [0.05, 0.1) is 11.1 Å². The monoisotopic (exact) mass is 465 g/mol. The van der Waals surface area contributed by atoms with E-state index in [4.69, 9.17) is 11.6 Å². The van der Waals surface area contributed by atoms with Gasteiger partial charge in [-0.25, -0.2) is 4.39 Å². The molecule has 0 aliphatic carbocycles. The van der Waals surface area contributed by atoms with E-state index in [1.165, 1.54) is 18.2 Å². The van der Waals surface area contributed by atoms with Crippen molar-refractivity contribution < 1.29 is 19.1 Å².